The first-order valence-electron chi connectivity index (χ1n) is 11.7. The molecule has 0 spiro atoms. The van der Waals surface area contributed by atoms with Gasteiger partial charge in [-0.05, 0) is 29.3 Å². The van der Waals surface area contributed by atoms with Gasteiger partial charge in [-0.3, -0.25) is 14.8 Å². The van der Waals surface area contributed by atoms with Gasteiger partial charge in [-0.25, -0.2) is 0 Å². The number of pyridine rings is 1. The number of carbonyl (C=O) groups is 1. The van der Waals surface area contributed by atoms with Crippen molar-refractivity contribution < 1.29 is 27.8 Å². The van der Waals surface area contributed by atoms with E-state index in [2.05, 4.69) is 22.0 Å². The first-order chi connectivity index (χ1) is 18.1. The second-order valence-electron chi connectivity index (χ2n) is 8.62. The summed E-state index contributed by atoms with van der Waals surface area (Å²) >= 11 is 0. The molecule has 0 bridgehead atoms. The molecular formula is C27H30F3N5O3. The first-order valence-corrected chi connectivity index (χ1v) is 11.7. The maximum Gasteiger partial charge on any atom is 0.416 e. The second kappa shape index (κ2) is 13.0. The van der Waals surface area contributed by atoms with E-state index in [1.165, 1.54) is 7.11 Å². The molecule has 2 N–H and O–H groups in total. The number of nitrogens with zero attached hydrogens (tertiary/aromatic N) is 4. The topological polar surface area (TPSA) is 90.3 Å². The van der Waals surface area contributed by atoms with Crippen LogP contribution in [-0.2, 0) is 35.3 Å². The van der Waals surface area contributed by atoms with E-state index in [1.54, 1.807) is 29.1 Å². The van der Waals surface area contributed by atoms with Crippen molar-refractivity contribution in [2.75, 3.05) is 20.8 Å². The van der Waals surface area contributed by atoms with E-state index in [9.17, 15) is 23.1 Å². The van der Waals surface area contributed by atoms with Gasteiger partial charge in [-0.1, -0.05) is 36.9 Å². The molecule has 8 nitrogen and oxygen atoms in total. The van der Waals surface area contributed by atoms with Crippen LogP contribution < -0.4 is 5.32 Å². The number of halogens is 3. The third kappa shape index (κ3) is 8.02. The lowest BCUT2D eigenvalue weighted by atomic mass is 10.1. The first kappa shape index (κ1) is 28.6. The van der Waals surface area contributed by atoms with Crippen molar-refractivity contribution in [3.8, 4) is 0 Å². The van der Waals surface area contributed by atoms with Gasteiger partial charge in [-0.15, -0.1) is 0 Å². The number of aliphatic hydroxyl groups excluding tert-OH is 1. The second-order valence-corrected chi connectivity index (χ2v) is 8.62. The third-order valence-electron chi connectivity index (χ3n) is 5.65. The fourth-order valence-corrected chi connectivity index (χ4v) is 3.71. The molecule has 2 aromatic rings. The van der Waals surface area contributed by atoms with Gasteiger partial charge in [0.2, 0.25) is 0 Å². The van der Waals surface area contributed by atoms with E-state index < -0.39 is 23.9 Å². The normalized spacial score (nSPS) is 15.5. The monoisotopic (exact) mass is 529 g/mol. The summed E-state index contributed by atoms with van der Waals surface area (Å²) in [4.78, 5) is 18.2. The minimum absolute atomic E-state index is 0.0175. The van der Waals surface area contributed by atoms with Crippen molar-refractivity contribution >= 4 is 11.6 Å². The Morgan fingerprint density at radius 3 is 2.61 bits per heavy atom. The average molecular weight is 530 g/mol. The van der Waals surface area contributed by atoms with Gasteiger partial charge in [-0.2, -0.15) is 18.3 Å². The molecule has 1 aliphatic heterocycles. The number of rotatable bonds is 11. The number of aromatic nitrogens is 1. The number of hydrogen-bond acceptors (Lipinski definition) is 7. The molecule has 1 unspecified atom stereocenters. The number of allylic oxidation sites excluding steroid dienone is 2. The van der Waals surface area contributed by atoms with Gasteiger partial charge in [0.15, 0.2) is 0 Å². The molecule has 38 heavy (non-hydrogen) atoms. The van der Waals surface area contributed by atoms with Crippen LogP contribution in [0.15, 0.2) is 84.4 Å². The van der Waals surface area contributed by atoms with Crippen LogP contribution in [-0.4, -0.2) is 58.6 Å². The zero-order valence-electron chi connectivity index (χ0n) is 21.2. The van der Waals surface area contributed by atoms with Crippen molar-refractivity contribution in [1.82, 2.24) is 20.2 Å². The molecule has 0 saturated heterocycles. The molecule has 0 radical (unpaired) electrons. The van der Waals surface area contributed by atoms with Crippen LogP contribution in [0, 0.1) is 0 Å². The summed E-state index contributed by atoms with van der Waals surface area (Å²) in [5, 5.41) is 18.5. The highest BCUT2D eigenvalue weighted by atomic mass is 19.4. The fourth-order valence-electron chi connectivity index (χ4n) is 3.71. The van der Waals surface area contributed by atoms with Gasteiger partial charge < -0.3 is 20.1 Å². The van der Waals surface area contributed by atoms with Crippen LogP contribution in [0.25, 0.3) is 0 Å². The highest BCUT2D eigenvalue weighted by molar-refractivity contribution is 6.21. The predicted molar refractivity (Wildman–Crippen MR) is 137 cm³/mol. The molecule has 0 aliphatic carbocycles. The number of hydrazone groups is 1. The molecule has 2 heterocycles. The molecule has 1 aliphatic rings. The summed E-state index contributed by atoms with van der Waals surface area (Å²) in [6, 6.07) is 8.67. The summed E-state index contributed by atoms with van der Waals surface area (Å²) in [5.74, 6) is -0.667. The average Bonchev–Trinajstić information content (AvgIpc) is 2.88. The van der Waals surface area contributed by atoms with Crippen LogP contribution >= 0.6 is 0 Å². The minimum atomic E-state index is -4.56. The molecule has 1 atom stereocenters. The lowest BCUT2D eigenvalue weighted by Crippen LogP contribution is -2.31. The van der Waals surface area contributed by atoms with Crippen molar-refractivity contribution in [2.24, 2.45) is 5.10 Å². The van der Waals surface area contributed by atoms with E-state index in [-0.39, 0.29) is 30.0 Å². The molecule has 3 rings (SSSR count). The molecule has 1 aromatic heterocycles. The molecular weight excluding hydrogens is 499 g/mol. The predicted octanol–water partition coefficient (Wildman–Crippen LogP) is 3.61. The maximum atomic E-state index is 13.2. The van der Waals surface area contributed by atoms with Crippen molar-refractivity contribution in [3.05, 3.63) is 102 Å². The summed E-state index contributed by atoms with van der Waals surface area (Å²) in [5.41, 5.74) is 1.17. The highest BCUT2D eigenvalue weighted by Crippen LogP contribution is 2.31. The van der Waals surface area contributed by atoms with E-state index in [1.807, 2.05) is 36.5 Å². The van der Waals surface area contributed by atoms with E-state index in [4.69, 9.17) is 4.74 Å². The number of methoxy groups -OCH3 is 1. The number of nitrogens with one attached hydrogen (secondary N) is 1. The van der Waals surface area contributed by atoms with E-state index >= 15 is 0 Å². The van der Waals surface area contributed by atoms with Crippen LogP contribution in [0.4, 0.5) is 13.2 Å². The number of carbonyl (C=O) groups excluding carboxylic acids is 1. The zero-order chi connectivity index (χ0) is 27.7. The Kier molecular flexibility index (Phi) is 9.80. The molecule has 0 fully saturated rings. The largest absolute Gasteiger partial charge is 0.416 e. The smallest absolute Gasteiger partial charge is 0.378 e. The highest BCUT2D eigenvalue weighted by Gasteiger charge is 2.33. The number of aliphatic hydroxyl groups is 1. The summed E-state index contributed by atoms with van der Waals surface area (Å²) in [7, 11) is 3.16. The Morgan fingerprint density at radius 2 is 1.95 bits per heavy atom. The minimum Gasteiger partial charge on any atom is -0.378 e. The molecule has 1 aromatic carbocycles. The van der Waals surface area contributed by atoms with Crippen LogP contribution in [0.5, 0.6) is 0 Å². The third-order valence-corrected chi connectivity index (χ3v) is 5.65. The fraction of sp³-hybridized carbons (Fsp3) is 0.296. The Hall–Kier alpha value is -3.96. The Labute approximate surface area is 219 Å². The van der Waals surface area contributed by atoms with E-state index in [0.717, 1.165) is 29.6 Å². The Balaban J connectivity index is 1.61. The zero-order valence-corrected chi connectivity index (χ0v) is 21.2. The standard InChI is InChI=1S/C27H30F3N5O3/c1-19(26(37)32-15-22-14-31-12-11-23(22)27(28,29)30)24(18-38-3)33-34(2)16-20-7-9-21(10-8-20)17-35-13-5-4-6-25(35)36/h4-14,25,36H,1,15-18H2,2-3H3,(H,32,37)/b33-24-. The SMILES string of the molecule is C=C(C(=O)NCc1cnccc1C(F)(F)F)/C(COC)=N\N(C)Cc1ccc(CN2C=CC=CC2O)cc1. The lowest BCUT2D eigenvalue weighted by Gasteiger charge is -2.26. The summed E-state index contributed by atoms with van der Waals surface area (Å²) < 4.78 is 44.8. The van der Waals surface area contributed by atoms with Crippen molar-refractivity contribution in [1.29, 1.82) is 0 Å². The Morgan fingerprint density at radius 1 is 1.24 bits per heavy atom. The van der Waals surface area contributed by atoms with Crippen molar-refractivity contribution in [3.63, 3.8) is 0 Å². The van der Waals surface area contributed by atoms with Gasteiger partial charge >= 0.3 is 6.18 Å². The maximum absolute atomic E-state index is 13.2. The van der Waals surface area contributed by atoms with E-state index in [0.29, 0.717) is 13.1 Å². The number of benzene rings is 1. The molecule has 0 saturated carbocycles. The molecule has 1 amide bonds. The number of amides is 1. The number of hydrogen-bond donors (Lipinski definition) is 2. The van der Waals surface area contributed by atoms with Crippen LogP contribution in [0.1, 0.15) is 22.3 Å². The summed E-state index contributed by atoms with van der Waals surface area (Å²) in [6.07, 6.45) is 4.07. The summed E-state index contributed by atoms with van der Waals surface area (Å²) in [6.45, 7) is 4.35. The number of alkyl halides is 3. The number of ether oxygens (including phenoxy) is 1. The quantitative estimate of drug-likeness (QED) is 0.263. The Bertz CT molecular complexity index is 1210. The molecule has 11 heteroatoms. The lowest BCUT2D eigenvalue weighted by molar-refractivity contribution is -0.138. The van der Waals surface area contributed by atoms with Gasteiger partial charge in [0.1, 0.15) is 6.23 Å². The van der Waals surface area contributed by atoms with Gasteiger partial charge in [0.25, 0.3) is 5.91 Å². The van der Waals surface area contributed by atoms with Gasteiger partial charge in [0, 0.05) is 51.4 Å². The van der Waals surface area contributed by atoms with Crippen LogP contribution in [0.2, 0.25) is 0 Å². The van der Waals surface area contributed by atoms with Crippen molar-refractivity contribution in [2.45, 2.75) is 32.0 Å². The van der Waals surface area contributed by atoms with Gasteiger partial charge in [0.05, 0.1) is 30.0 Å². The molecule has 202 valence electrons. The van der Waals surface area contributed by atoms with Crippen LogP contribution in [0.3, 0.4) is 0 Å².